The van der Waals surface area contributed by atoms with Crippen LogP contribution in [0, 0.1) is 5.92 Å². The van der Waals surface area contributed by atoms with Gasteiger partial charge in [-0.2, -0.15) is 4.31 Å². The van der Waals surface area contributed by atoms with Gasteiger partial charge in [-0.25, -0.2) is 13.4 Å². The molecule has 1 radical (unpaired) electrons. The second kappa shape index (κ2) is 4.82. The number of aromatic nitrogens is 2. The zero-order valence-electron chi connectivity index (χ0n) is 9.57. The van der Waals surface area contributed by atoms with Crippen LogP contribution in [0.15, 0.2) is 17.6 Å². The molecular weight excluding hydrogens is 241 g/mol. The molecule has 0 bridgehead atoms. The predicted molar refractivity (Wildman–Crippen MR) is 58.8 cm³/mol. The van der Waals surface area contributed by atoms with E-state index in [0.29, 0.717) is 0 Å². The Morgan fingerprint density at radius 2 is 2.12 bits per heavy atom. The minimum absolute atomic E-state index is 0. The molecule has 89 valence electrons. The van der Waals surface area contributed by atoms with E-state index in [9.17, 15) is 13.2 Å². The van der Waals surface area contributed by atoms with Crippen molar-refractivity contribution in [2.75, 3.05) is 13.1 Å². The van der Waals surface area contributed by atoms with Crippen LogP contribution in [0.25, 0.3) is 0 Å². The third-order valence-corrected chi connectivity index (χ3v) is 4.20. The van der Waals surface area contributed by atoms with Gasteiger partial charge in [-0.3, -0.25) is 4.79 Å². The second-order valence-electron chi connectivity index (χ2n) is 3.73. The molecule has 0 aromatic carbocycles. The van der Waals surface area contributed by atoms with E-state index >= 15 is 0 Å². The monoisotopic (exact) mass is 252 g/mol. The molecule has 0 saturated carbocycles. The number of hydrogen-bond acceptors (Lipinski definition) is 4. The number of hydrogen-bond donors (Lipinski definition) is 1. The van der Waals surface area contributed by atoms with Crippen molar-refractivity contribution in [2.45, 2.75) is 5.03 Å². The molecule has 0 spiro atoms. The number of carboxylic acids is 1. The standard InChI is InChI=1S/C8H11N3O4S.Li/c1-10-4-7(9-5-10)16(14,15)11-2-6(3-11)8(12)13;/h4-6H,2-3H2,1H3,(H,12,13);. The largest absolute Gasteiger partial charge is 0.481 e. The average Bonchev–Trinajstić information content (AvgIpc) is 2.47. The van der Waals surface area contributed by atoms with Crippen LogP contribution >= 0.6 is 0 Å². The fraction of sp³-hybridized carbons (Fsp3) is 0.500. The van der Waals surface area contributed by atoms with E-state index in [1.165, 1.54) is 17.1 Å². The molecule has 1 aliphatic rings. The van der Waals surface area contributed by atoms with Gasteiger partial charge in [-0.1, -0.05) is 0 Å². The molecule has 1 N–H and O–H groups in total. The fourth-order valence-electron chi connectivity index (χ4n) is 1.44. The van der Waals surface area contributed by atoms with Crippen LogP contribution in [0.4, 0.5) is 0 Å². The van der Waals surface area contributed by atoms with Gasteiger partial charge in [0.25, 0.3) is 10.0 Å². The van der Waals surface area contributed by atoms with Crippen molar-refractivity contribution in [2.24, 2.45) is 13.0 Å². The van der Waals surface area contributed by atoms with Gasteiger partial charge in [0.2, 0.25) is 0 Å². The Kier molecular flexibility index (Phi) is 4.04. The Morgan fingerprint density at radius 1 is 1.53 bits per heavy atom. The Morgan fingerprint density at radius 3 is 2.53 bits per heavy atom. The van der Waals surface area contributed by atoms with Crippen molar-refractivity contribution in [3.63, 3.8) is 0 Å². The SMILES string of the molecule is Cn1cnc(S(=O)(=O)N2CC(C(=O)O)C2)c1.[Li]. The van der Waals surface area contributed by atoms with E-state index in [-0.39, 0.29) is 37.0 Å². The van der Waals surface area contributed by atoms with Gasteiger partial charge in [-0.15, -0.1) is 0 Å². The predicted octanol–water partition coefficient (Wildman–Crippen LogP) is -1.26. The average molecular weight is 252 g/mol. The molecule has 1 aliphatic heterocycles. The van der Waals surface area contributed by atoms with Gasteiger partial charge in [0.1, 0.15) is 0 Å². The fourth-order valence-corrected chi connectivity index (χ4v) is 2.94. The number of imidazole rings is 1. The summed E-state index contributed by atoms with van der Waals surface area (Å²) in [5.74, 6) is -1.56. The van der Waals surface area contributed by atoms with Crippen LogP contribution in [-0.4, -0.2) is 65.3 Å². The molecule has 1 aromatic heterocycles. The summed E-state index contributed by atoms with van der Waals surface area (Å²) in [4.78, 5) is 14.3. The minimum atomic E-state index is -3.61. The van der Waals surface area contributed by atoms with Gasteiger partial charge < -0.3 is 9.67 Å². The van der Waals surface area contributed by atoms with Crippen molar-refractivity contribution in [1.82, 2.24) is 13.9 Å². The van der Waals surface area contributed by atoms with E-state index < -0.39 is 21.9 Å². The summed E-state index contributed by atoms with van der Waals surface area (Å²) in [6.45, 7) is 0.0441. The van der Waals surface area contributed by atoms with Crippen LogP contribution in [0.2, 0.25) is 0 Å². The van der Waals surface area contributed by atoms with Crippen LogP contribution in [0.5, 0.6) is 0 Å². The first-order valence-electron chi connectivity index (χ1n) is 4.62. The number of aryl methyl sites for hydroxylation is 1. The smallest absolute Gasteiger partial charge is 0.309 e. The number of rotatable bonds is 3. The first kappa shape index (κ1) is 14.2. The number of nitrogens with zero attached hydrogens (tertiary/aromatic N) is 3. The normalized spacial score (nSPS) is 17.2. The molecule has 17 heavy (non-hydrogen) atoms. The summed E-state index contributed by atoms with van der Waals surface area (Å²) < 4.78 is 26.4. The number of aliphatic carboxylic acids is 1. The Hall–Kier alpha value is -0.813. The van der Waals surface area contributed by atoms with Crippen LogP contribution in [-0.2, 0) is 21.9 Å². The summed E-state index contributed by atoms with van der Waals surface area (Å²) in [6, 6.07) is 0. The number of carboxylic acid groups (broad SMARTS) is 1. The molecule has 0 amide bonds. The van der Waals surface area contributed by atoms with Crippen molar-refractivity contribution in [3.05, 3.63) is 12.5 Å². The van der Waals surface area contributed by atoms with Gasteiger partial charge >= 0.3 is 5.97 Å². The molecular formula is C8H11LiN3O4S. The zero-order valence-corrected chi connectivity index (χ0v) is 10.4. The molecule has 2 rings (SSSR count). The molecule has 1 saturated heterocycles. The quantitative estimate of drug-likeness (QED) is 0.678. The van der Waals surface area contributed by atoms with E-state index in [0.717, 1.165) is 4.31 Å². The summed E-state index contributed by atoms with van der Waals surface area (Å²) in [6.07, 6.45) is 2.78. The van der Waals surface area contributed by atoms with Crippen molar-refractivity contribution in [3.8, 4) is 0 Å². The van der Waals surface area contributed by atoms with Crippen molar-refractivity contribution >= 4 is 34.9 Å². The third-order valence-electron chi connectivity index (χ3n) is 2.48. The molecule has 2 heterocycles. The summed E-state index contributed by atoms with van der Waals surface area (Å²) in [5.41, 5.74) is 0. The Labute approximate surface area is 111 Å². The number of carbonyl (C=O) groups is 1. The van der Waals surface area contributed by atoms with E-state index in [1.807, 2.05) is 0 Å². The van der Waals surface area contributed by atoms with E-state index in [2.05, 4.69) is 4.98 Å². The molecule has 1 fully saturated rings. The molecule has 7 nitrogen and oxygen atoms in total. The summed E-state index contributed by atoms with van der Waals surface area (Å²) in [7, 11) is -1.94. The van der Waals surface area contributed by atoms with Crippen LogP contribution < -0.4 is 0 Å². The first-order valence-corrected chi connectivity index (χ1v) is 6.06. The summed E-state index contributed by atoms with van der Waals surface area (Å²) in [5, 5.41) is 8.61. The molecule has 0 aliphatic carbocycles. The number of sulfonamides is 1. The molecule has 0 atom stereocenters. The van der Waals surface area contributed by atoms with Crippen molar-refractivity contribution < 1.29 is 18.3 Å². The second-order valence-corrected chi connectivity index (χ2v) is 5.62. The van der Waals surface area contributed by atoms with Crippen molar-refractivity contribution in [1.29, 1.82) is 0 Å². The maximum absolute atomic E-state index is 11.9. The molecule has 9 heteroatoms. The van der Waals surface area contributed by atoms with Gasteiger partial charge in [0.15, 0.2) is 5.03 Å². The summed E-state index contributed by atoms with van der Waals surface area (Å²) >= 11 is 0. The van der Waals surface area contributed by atoms with Gasteiger partial charge in [-0.05, 0) is 0 Å². The van der Waals surface area contributed by atoms with Gasteiger partial charge in [0, 0.05) is 45.2 Å². The zero-order chi connectivity index (χ0) is 11.9. The Balaban J connectivity index is 0.00000144. The topological polar surface area (TPSA) is 92.5 Å². The Bertz CT molecular complexity index is 521. The van der Waals surface area contributed by atoms with Gasteiger partial charge in [0.05, 0.1) is 12.2 Å². The third kappa shape index (κ3) is 2.55. The maximum Gasteiger partial charge on any atom is 0.309 e. The first-order chi connectivity index (χ1) is 7.41. The maximum atomic E-state index is 11.9. The van der Waals surface area contributed by atoms with Crippen LogP contribution in [0.3, 0.4) is 0 Å². The van der Waals surface area contributed by atoms with E-state index in [1.54, 1.807) is 7.05 Å². The van der Waals surface area contributed by atoms with Crippen LogP contribution in [0.1, 0.15) is 0 Å². The minimum Gasteiger partial charge on any atom is -0.481 e. The molecule has 1 aromatic rings. The molecule has 0 unspecified atom stereocenters. The van der Waals surface area contributed by atoms with E-state index in [4.69, 9.17) is 5.11 Å².